The molecule has 0 unspecified atom stereocenters. The van der Waals surface area contributed by atoms with Crippen LogP contribution in [0.3, 0.4) is 0 Å². The van der Waals surface area contributed by atoms with Crippen molar-refractivity contribution in [3.63, 3.8) is 0 Å². The normalized spacial score (nSPS) is 17.5. The largest absolute Gasteiger partial charge is 0.356 e. The van der Waals surface area contributed by atoms with E-state index in [0.717, 1.165) is 12.8 Å². The van der Waals surface area contributed by atoms with Crippen molar-refractivity contribution in [1.82, 2.24) is 15.1 Å². The van der Waals surface area contributed by atoms with Crippen molar-refractivity contribution < 1.29 is 14.0 Å². The Labute approximate surface area is 142 Å². The van der Waals surface area contributed by atoms with Crippen LogP contribution < -0.4 is 5.32 Å². The Balaban J connectivity index is 1.74. The van der Waals surface area contributed by atoms with Gasteiger partial charge in [-0.15, -0.1) is 0 Å². The summed E-state index contributed by atoms with van der Waals surface area (Å²) >= 11 is 0. The molecular formula is C18H26FN3O2. The fraction of sp³-hybridized carbons (Fsp3) is 0.556. The van der Waals surface area contributed by atoms with Gasteiger partial charge in [0.1, 0.15) is 5.82 Å². The Hall–Kier alpha value is -2.11. The molecule has 1 aromatic rings. The Morgan fingerprint density at radius 1 is 1.33 bits per heavy atom. The molecule has 0 saturated carbocycles. The topological polar surface area (TPSA) is 52.7 Å². The minimum absolute atomic E-state index is 0.0141. The molecule has 0 bridgehead atoms. The van der Waals surface area contributed by atoms with Crippen molar-refractivity contribution in [3.8, 4) is 0 Å². The summed E-state index contributed by atoms with van der Waals surface area (Å²) in [4.78, 5) is 27.5. The fourth-order valence-corrected chi connectivity index (χ4v) is 2.98. The summed E-state index contributed by atoms with van der Waals surface area (Å²) in [7, 11) is 3.43. The summed E-state index contributed by atoms with van der Waals surface area (Å²) < 4.78 is 13.5. The molecule has 5 nitrogen and oxygen atoms in total. The van der Waals surface area contributed by atoms with Crippen molar-refractivity contribution in [2.45, 2.75) is 25.7 Å². The van der Waals surface area contributed by atoms with Crippen LogP contribution in [-0.2, 0) is 11.2 Å². The third-order valence-electron chi connectivity index (χ3n) is 4.33. The van der Waals surface area contributed by atoms with Crippen LogP contribution >= 0.6 is 0 Å². The number of carbonyl (C=O) groups is 2. The molecule has 0 spiro atoms. The van der Waals surface area contributed by atoms with Gasteiger partial charge in [0.2, 0.25) is 5.91 Å². The molecule has 1 aliphatic heterocycles. The smallest absolute Gasteiger partial charge is 0.319 e. The molecule has 6 heteroatoms. The second-order valence-electron chi connectivity index (χ2n) is 6.45. The number of nitrogens with zero attached hydrogens (tertiary/aromatic N) is 2. The van der Waals surface area contributed by atoms with Crippen LogP contribution in [0.15, 0.2) is 24.3 Å². The van der Waals surface area contributed by atoms with Crippen LogP contribution in [0.4, 0.5) is 9.18 Å². The SMILES string of the molecule is CN(C)C(=O)N1CCC[C@@H](C(=O)NCCCc2ccccc2F)C1. The van der Waals surface area contributed by atoms with Crippen LogP contribution in [0.5, 0.6) is 0 Å². The lowest BCUT2D eigenvalue weighted by Gasteiger charge is -2.33. The average Bonchev–Trinajstić information content (AvgIpc) is 2.59. The maximum atomic E-state index is 13.5. The van der Waals surface area contributed by atoms with Crippen LogP contribution in [0.25, 0.3) is 0 Å². The molecule has 1 atom stereocenters. The number of amides is 3. The molecule has 0 radical (unpaired) electrons. The first kappa shape index (κ1) is 18.2. The number of piperidine rings is 1. The Morgan fingerprint density at radius 3 is 2.79 bits per heavy atom. The van der Waals surface area contributed by atoms with Gasteiger partial charge < -0.3 is 15.1 Å². The van der Waals surface area contributed by atoms with E-state index in [1.54, 1.807) is 31.1 Å². The number of likely N-dealkylation sites (tertiary alicyclic amines) is 1. The van der Waals surface area contributed by atoms with E-state index in [2.05, 4.69) is 5.32 Å². The van der Waals surface area contributed by atoms with Gasteiger partial charge in [0.25, 0.3) is 0 Å². The minimum Gasteiger partial charge on any atom is -0.356 e. The monoisotopic (exact) mass is 335 g/mol. The summed E-state index contributed by atoms with van der Waals surface area (Å²) in [5.74, 6) is -0.371. The van der Waals surface area contributed by atoms with Crippen LogP contribution in [-0.4, -0.2) is 55.5 Å². The molecule has 1 aliphatic rings. The third kappa shape index (κ3) is 4.94. The van der Waals surface area contributed by atoms with Crippen molar-refractivity contribution in [2.75, 3.05) is 33.7 Å². The summed E-state index contributed by atoms with van der Waals surface area (Å²) in [5, 5.41) is 2.92. The van der Waals surface area contributed by atoms with Gasteiger partial charge in [0.05, 0.1) is 5.92 Å². The Kier molecular flexibility index (Phi) is 6.58. The lowest BCUT2D eigenvalue weighted by Crippen LogP contribution is -2.48. The van der Waals surface area contributed by atoms with Crippen molar-refractivity contribution in [2.24, 2.45) is 5.92 Å². The molecule has 0 aliphatic carbocycles. The summed E-state index contributed by atoms with van der Waals surface area (Å²) in [6.07, 6.45) is 2.94. The van der Waals surface area contributed by atoms with Gasteiger partial charge in [-0.25, -0.2) is 9.18 Å². The number of hydrogen-bond acceptors (Lipinski definition) is 2. The summed E-state index contributed by atoms with van der Waals surface area (Å²) in [6, 6.07) is 6.65. The van der Waals surface area contributed by atoms with Crippen LogP contribution in [0.2, 0.25) is 0 Å². The van der Waals surface area contributed by atoms with E-state index in [1.165, 1.54) is 11.0 Å². The zero-order valence-electron chi connectivity index (χ0n) is 14.4. The van der Waals surface area contributed by atoms with E-state index < -0.39 is 0 Å². The second-order valence-corrected chi connectivity index (χ2v) is 6.45. The van der Waals surface area contributed by atoms with Crippen molar-refractivity contribution in [1.29, 1.82) is 0 Å². The number of halogens is 1. The first-order chi connectivity index (χ1) is 11.5. The van der Waals surface area contributed by atoms with Gasteiger partial charge in [-0.3, -0.25) is 4.79 Å². The molecule has 1 fully saturated rings. The molecule has 1 saturated heterocycles. The van der Waals surface area contributed by atoms with Crippen LogP contribution in [0, 0.1) is 11.7 Å². The van der Waals surface area contributed by atoms with E-state index in [-0.39, 0.29) is 23.7 Å². The highest BCUT2D eigenvalue weighted by molar-refractivity contribution is 5.80. The van der Waals surface area contributed by atoms with E-state index in [1.807, 2.05) is 6.07 Å². The number of benzene rings is 1. The van der Waals surface area contributed by atoms with Crippen molar-refractivity contribution >= 4 is 11.9 Å². The van der Waals surface area contributed by atoms with Gasteiger partial charge >= 0.3 is 6.03 Å². The molecule has 1 aromatic carbocycles. The second kappa shape index (κ2) is 8.66. The predicted octanol–water partition coefficient (Wildman–Crippen LogP) is 2.27. The number of aryl methyl sites for hydroxylation is 1. The molecule has 1 N–H and O–H groups in total. The first-order valence-electron chi connectivity index (χ1n) is 8.46. The predicted molar refractivity (Wildman–Crippen MR) is 91.1 cm³/mol. The molecule has 2 rings (SSSR count). The van der Waals surface area contributed by atoms with Gasteiger partial charge in [0, 0.05) is 33.7 Å². The van der Waals surface area contributed by atoms with Crippen molar-refractivity contribution in [3.05, 3.63) is 35.6 Å². The lowest BCUT2D eigenvalue weighted by atomic mass is 9.97. The highest BCUT2D eigenvalue weighted by atomic mass is 19.1. The summed E-state index contributed by atoms with van der Waals surface area (Å²) in [5.41, 5.74) is 0.673. The van der Waals surface area contributed by atoms with E-state index in [4.69, 9.17) is 0 Å². The zero-order chi connectivity index (χ0) is 17.5. The highest BCUT2D eigenvalue weighted by Gasteiger charge is 2.28. The molecule has 0 aromatic heterocycles. The summed E-state index contributed by atoms with van der Waals surface area (Å²) in [6.45, 7) is 1.69. The number of hydrogen-bond donors (Lipinski definition) is 1. The number of rotatable bonds is 5. The Bertz CT molecular complexity index is 577. The van der Waals surface area contributed by atoms with Gasteiger partial charge in [-0.05, 0) is 37.3 Å². The minimum atomic E-state index is -0.200. The van der Waals surface area contributed by atoms with Gasteiger partial charge in [-0.2, -0.15) is 0 Å². The third-order valence-corrected chi connectivity index (χ3v) is 4.33. The van der Waals surface area contributed by atoms with E-state index in [9.17, 15) is 14.0 Å². The molecule has 1 heterocycles. The van der Waals surface area contributed by atoms with E-state index >= 15 is 0 Å². The highest BCUT2D eigenvalue weighted by Crippen LogP contribution is 2.17. The first-order valence-corrected chi connectivity index (χ1v) is 8.46. The molecular weight excluding hydrogens is 309 g/mol. The van der Waals surface area contributed by atoms with Crippen LogP contribution in [0.1, 0.15) is 24.8 Å². The lowest BCUT2D eigenvalue weighted by molar-refractivity contribution is -0.126. The van der Waals surface area contributed by atoms with Gasteiger partial charge in [0.15, 0.2) is 0 Å². The number of urea groups is 1. The van der Waals surface area contributed by atoms with Gasteiger partial charge in [-0.1, -0.05) is 18.2 Å². The fourth-order valence-electron chi connectivity index (χ4n) is 2.98. The number of nitrogens with one attached hydrogen (secondary N) is 1. The maximum absolute atomic E-state index is 13.5. The Morgan fingerprint density at radius 2 is 2.08 bits per heavy atom. The molecule has 3 amide bonds. The standard InChI is InChI=1S/C18H26FN3O2/c1-21(2)18(24)22-12-6-9-15(13-22)17(23)20-11-5-8-14-7-3-4-10-16(14)19/h3-4,7,10,15H,5-6,8-9,11-13H2,1-2H3,(H,20,23)/t15-/m1/s1. The zero-order valence-corrected chi connectivity index (χ0v) is 14.4. The maximum Gasteiger partial charge on any atom is 0.319 e. The molecule has 24 heavy (non-hydrogen) atoms. The quantitative estimate of drug-likeness (QED) is 0.839. The molecule has 132 valence electrons. The number of carbonyl (C=O) groups excluding carboxylic acids is 2. The average molecular weight is 335 g/mol. The van der Waals surface area contributed by atoms with E-state index in [0.29, 0.717) is 38.0 Å².